The molecule has 5 heteroatoms. The van der Waals surface area contributed by atoms with Crippen LogP contribution in [-0.4, -0.2) is 35.5 Å². The van der Waals surface area contributed by atoms with Crippen molar-refractivity contribution in [2.75, 3.05) is 13.7 Å². The minimum Gasteiger partial charge on any atom is -0.468 e. The summed E-state index contributed by atoms with van der Waals surface area (Å²) in [6.07, 6.45) is 5.25. The van der Waals surface area contributed by atoms with Crippen molar-refractivity contribution in [2.45, 2.75) is 25.4 Å². The number of rotatable bonds is 5. The molecule has 0 aliphatic carbocycles. The van der Waals surface area contributed by atoms with Crippen LogP contribution in [0.2, 0.25) is 0 Å². The number of aromatic nitrogens is 1. The highest BCUT2D eigenvalue weighted by molar-refractivity contribution is 5.76. The number of likely N-dealkylation sites (tertiary alicyclic amines) is 1. The van der Waals surface area contributed by atoms with E-state index in [0.717, 1.165) is 30.7 Å². The van der Waals surface area contributed by atoms with Gasteiger partial charge in [-0.3, -0.25) is 14.7 Å². The number of nitrogens with zero attached hydrogens (tertiary/aromatic N) is 2. The quantitative estimate of drug-likeness (QED) is 0.794. The molecule has 3 rings (SSSR count). The van der Waals surface area contributed by atoms with E-state index in [0.29, 0.717) is 12.3 Å². The van der Waals surface area contributed by atoms with Crippen molar-refractivity contribution in [3.8, 4) is 11.5 Å². The van der Waals surface area contributed by atoms with Gasteiger partial charge in [-0.15, -0.1) is 0 Å². The van der Waals surface area contributed by atoms with Crippen LogP contribution in [0, 0.1) is 0 Å². The lowest BCUT2D eigenvalue weighted by Gasteiger charge is -2.23. The fourth-order valence-corrected chi connectivity index (χ4v) is 2.91. The van der Waals surface area contributed by atoms with Gasteiger partial charge in [0.15, 0.2) is 0 Å². The van der Waals surface area contributed by atoms with E-state index in [4.69, 9.17) is 9.47 Å². The molecule has 5 nitrogen and oxygen atoms in total. The predicted molar refractivity (Wildman–Crippen MR) is 86.2 cm³/mol. The number of methoxy groups -OCH3 is 1. The molecule has 0 saturated carbocycles. The van der Waals surface area contributed by atoms with Crippen LogP contribution in [0.3, 0.4) is 0 Å². The molecule has 1 aromatic carbocycles. The highest BCUT2D eigenvalue weighted by atomic mass is 16.5. The molecule has 0 amide bonds. The summed E-state index contributed by atoms with van der Waals surface area (Å²) in [5.74, 6) is 1.33. The summed E-state index contributed by atoms with van der Waals surface area (Å²) < 4.78 is 10.8. The second-order valence-corrected chi connectivity index (χ2v) is 5.55. The molecule has 1 saturated heterocycles. The number of hydrogen-bond acceptors (Lipinski definition) is 5. The lowest BCUT2D eigenvalue weighted by Crippen LogP contribution is -2.36. The zero-order chi connectivity index (χ0) is 16.1. The number of pyridine rings is 1. The summed E-state index contributed by atoms with van der Waals surface area (Å²) in [5.41, 5.74) is 1.05. The largest absolute Gasteiger partial charge is 0.468 e. The van der Waals surface area contributed by atoms with Crippen molar-refractivity contribution in [1.82, 2.24) is 9.88 Å². The van der Waals surface area contributed by atoms with E-state index in [2.05, 4.69) is 9.88 Å². The number of esters is 1. The van der Waals surface area contributed by atoms with Crippen molar-refractivity contribution in [2.24, 2.45) is 0 Å². The van der Waals surface area contributed by atoms with Gasteiger partial charge in [-0.05, 0) is 37.6 Å². The van der Waals surface area contributed by atoms with Crippen LogP contribution in [0.1, 0.15) is 18.4 Å². The van der Waals surface area contributed by atoms with Crippen LogP contribution in [0.15, 0.2) is 48.8 Å². The smallest absolute Gasteiger partial charge is 0.323 e. The van der Waals surface area contributed by atoms with Gasteiger partial charge in [0.05, 0.1) is 13.3 Å². The highest BCUT2D eigenvalue weighted by Gasteiger charge is 2.31. The first-order chi connectivity index (χ1) is 11.3. The minimum absolute atomic E-state index is 0.159. The van der Waals surface area contributed by atoms with E-state index in [9.17, 15) is 4.79 Å². The third-order valence-electron chi connectivity index (χ3n) is 4.05. The van der Waals surface area contributed by atoms with Gasteiger partial charge in [0, 0.05) is 18.3 Å². The third kappa shape index (κ3) is 3.68. The SMILES string of the molecule is COC(=O)C1CCCN1Cc1ccccc1Oc1cccnc1. The first kappa shape index (κ1) is 15.5. The normalized spacial score (nSPS) is 17.9. The van der Waals surface area contributed by atoms with Crippen LogP contribution < -0.4 is 4.74 Å². The van der Waals surface area contributed by atoms with E-state index in [-0.39, 0.29) is 12.0 Å². The van der Waals surface area contributed by atoms with E-state index >= 15 is 0 Å². The maximum Gasteiger partial charge on any atom is 0.323 e. The Morgan fingerprint density at radius 1 is 1.30 bits per heavy atom. The number of carbonyl (C=O) groups excluding carboxylic acids is 1. The molecular weight excluding hydrogens is 292 g/mol. The van der Waals surface area contributed by atoms with Crippen molar-refractivity contribution in [3.05, 3.63) is 54.4 Å². The lowest BCUT2D eigenvalue weighted by molar-refractivity contribution is -0.146. The predicted octanol–water partition coefficient (Wildman–Crippen LogP) is 3.01. The monoisotopic (exact) mass is 312 g/mol. The van der Waals surface area contributed by atoms with E-state index in [1.807, 2.05) is 36.4 Å². The molecule has 1 unspecified atom stereocenters. The van der Waals surface area contributed by atoms with Gasteiger partial charge in [-0.25, -0.2) is 0 Å². The summed E-state index contributed by atoms with van der Waals surface area (Å²) in [5, 5.41) is 0. The Morgan fingerprint density at radius 2 is 2.17 bits per heavy atom. The number of benzene rings is 1. The minimum atomic E-state index is -0.161. The van der Waals surface area contributed by atoms with E-state index in [1.165, 1.54) is 7.11 Å². The van der Waals surface area contributed by atoms with Crippen LogP contribution in [0.25, 0.3) is 0 Å². The van der Waals surface area contributed by atoms with E-state index < -0.39 is 0 Å². The third-order valence-corrected chi connectivity index (χ3v) is 4.05. The fraction of sp³-hybridized carbons (Fsp3) is 0.333. The topological polar surface area (TPSA) is 51.7 Å². The molecule has 0 bridgehead atoms. The van der Waals surface area contributed by atoms with Crippen molar-refractivity contribution < 1.29 is 14.3 Å². The van der Waals surface area contributed by atoms with Crippen LogP contribution in [-0.2, 0) is 16.1 Å². The van der Waals surface area contributed by atoms with Crippen LogP contribution in [0.5, 0.6) is 11.5 Å². The Morgan fingerprint density at radius 3 is 2.96 bits per heavy atom. The Bertz CT molecular complexity index is 660. The zero-order valence-electron chi connectivity index (χ0n) is 13.1. The van der Waals surface area contributed by atoms with Gasteiger partial charge in [0.2, 0.25) is 0 Å². The van der Waals surface area contributed by atoms with Gasteiger partial charge in [-0.2, -0.15) is 0 Å². The maximum atomic E-state index is 11.9. The summed E-state index contributed by atoms with van der Waals surface area (Å²) in [4.78, 5) is 18.1. The number of para-hydroxylation sites is 1. The lowest BCUT2D eigenvalue weighted by atomic mass is 10.1. The average molecular weight is 312 g/mol. The van der Waals surface area contributed by atoms with Crippen molar-refractivity contribution in [1.29, 1.82) is 0 Å². The Kier molecular flexibility index (Phi) is 4.88. The molecule has 120 valence electrons. The zero-order valence-corrected chi connectivity index (χ0v) is 13.1. The van der Waals surface area contributed by atoms with Gasteiger partial charge in [0.1, 0.15) is 17.5 Å². The second kappa shape index (κ2) is 7.24. The highest BCUT2D eigenvalue weighted by Crippen LogP contribution is 2.28. The first-order valence-corrected chi connectivity index (χ1v) is 7.75. The number of carbonyl (C=O) groups is 1. The summed E-state index contributed by atoms with van der Waals surface area (Å²) in [6, 6.07) is 11.4. The molecule has 0 N–H and O–H groups in total. The maximum absolute atomic E-state index is 11.9. The molecule has 2 aromatic rings. The average Bonchev–Trinajstić information content (AvgIpc) is 3.05. The number of hydrogen-bond donors (Lipinski definition) is 0. The van der Waals surface area contributed by atoms with Gasteiger partial charge >= 0.3 is 5.97 Å². The van der Waals surface area contributed by atoms with Crippen LogP contribution in [0.4, 0.5) is 0 Å². The van der Waals surface area contributed by atoms with Crippen LogP contribution >= 0.6 is 0 Å². The Hall–Kier alpha value is -2.40. The molecular formula is C18H20N2O3. The van der Waals surface area contributed by atoms with Gasteiger partial charge in [0.25, 0.3) is 0 Å². The van der Waals surface area contributed by atoms with Gasteiger partial charge < -0.3 is 9.47 Å². The first-order valence-electron chi connectivity index (χ1n) is 7.75. The molecule has 0 radical (unpaired) electrons. The fourth-order valence-electron chi connectivity index (χ4n) is 2.91. The molecule has 1 aliphatic heterocycles. The van der Waals surface area contributed by atoms with Gasteiger partial charge in [-0.1, -0.05) is 18.2 Å². The second-order valence-electron chi connectivity index (χ2n) is 5.55. The molecule has 1 aromatic heterocycles. The molecule has 0 spiro atoms. The molecule has 1 fully saturated rings. The molecule has 1 aliphatic rings. The number of ether oxygens (including phenoxy) is 2. The standard InChI is InChI=1S/C18H20N2O3/c1-22-18(21)16-8-5-11-20(16)13-14-6-2-3-9-17(14)23-15-7-4-10-19-12-15/h2-4,6-7,9-10,12,16H,5,8,11,13H2,1H3. The van der Waals surface area contributed by atoms with Crippen molar-refractivity contribution >= 4 is 5.97 Å². The Labute approximate surface area is 135 Å². The molecule has 2 heterocycles. The summed E-state index contributed by atoms with van der Waals surface area (Å²) in [7, 11) is 1.44. The van der Waals surface area contributed by atoms with Crippen molar-refractivity contribution in [3.63, 3.8) is 0 Å². The van der Waals surface area contributed by atoms with E-state index in [1.54, 1.807) is 12.4 Å². The molecule has 1 atom stereocenters. The summed E-state index contributed by atoms with van der Waals surface area (Å²) >= 11 is 0. The molecule has 23 heavy (non-hydrogen) atoms. The Balaban J connectivity index is 1.77. The summed E-state index contributed by atoms with van der Waals surface area (Å²) in [6.45, 7) is 1.55.